The molecule has 6 atom stereocenters. The van der Waals surface area contributed by atoms with Gasteiger partial charge in [0.15, 0.2) is 0 Å². The third kappa shape index (κ3) is 4.76. The molecule has 3 aliphatic heterocycles. The fraction of sp³-hybridized carbons (Fsp3) is 0.441. The standard InChI is InChI=1S/C34H41N3O5/c1-5-20-35(22-24-14-10-8-11-15-24)32(41)29-34-19-18-33(4,42-34)27(28(34)31(40)37(29)25(7-3)23-38)30(39)36(21-6-2)26-16-12-9-13-17-26/h5-6,8-17,25,27-29,38H,1-2,7,18-23H2,3-4H3/t25-,27+,28-,29?,33-,34?/m0/s1. The molecular weight excluding hydrogens is 530 g/mol. The van der Waals surface area contributed by atoms with E-state index in [1.165, 1.54) is 0 Å². The van der Waals surface area contributed by atoms with Crippen molar-refractivity contribution in [1.82, 2.24) is 9.80 Å². The predicted octanol–water partition coefficient (Wildman–Crippen LogP) is 3.96. The summed E-state index contributed by atoms with van der Waals surface area (Å²) in [6.45, 7) is 12.1. The van der Waals surface area contributed by atoms with Gasteiger partial charge in [-0.25, -0.2) is 0 Å². The van der Waals surface area contributed by atoms with E-state index in [1.54, 1.807) is 26.9 Å². The number of ether oxygens (including phenoxy) is 1. The molecule has 2 aromatic rings. The topological polar surface area (TPSA) is 90.4 Å². The molecule has 0 saturated carbocycles. The van der Waals surface area contributed by atoms with Crippen molar-refractivity contribution in [1.29, 1.82) is 0 Å². The van der Waals surface area contributed by atoms with E-state index < -0.39 is 35.1 Å². The molecule has 8 nitrogen and oxygen atoms in total. The van der Waals surface area contributed by atoms with Crippen LogP contribution < -0.4 is 4.90 Å². The third-order valence-corrected chi connectivity index (χ3v) is 9.31. The first kappa shape index (κ1) is 29.7. The smallest absolute Gasteiger partial charge is 0.249 e. The minimum Gasteiger partial charge on any atom is -0.394 e. The van der Waals surface area contributed by atoms with Crippen LogP contribution in [-0.2, 0) is 25.7 Å². The van der Waals surface area contributed by atoms with Gasteiger partial charge in [-0.15, -0.1) is 13.2 Å². The number of hydrogen-bond donors (Lipinski definition) is 1. The van der Waals surface area contributed by atoms with Gasteiger partial charge in [-0.05, 0) is 43.9 Å². The number of likely N-dealkylation sites (tertiary alicyclic amines) is 1. The average molecular weight is 572 g/mol. The first-order valence-corrected chi connectivity index (χ1v) is 14.8. The molecule has 0 aromatic heterocycles. The van der Waals surface area contributed by atoms with E-state index in [1.807, 2.05) is 74.5 Å². The van der Waals surface area contributed by atoms with E-state index in [9.17, 15) is 19.5 Å². The highest BCUT2D eigenvalue weighted by Gasteiger charge is 2.78. The van der Waals surface area contributed by atoms with Crippen molar-refractivity contribution in [3.8, 4) is 0 Å². The zero-order valence-electron chi connectivity index (χ0n) is 24.5. The second-order valence-corrected chi connectivity index (χ2v) is 11.8. The summed E-state index contributed by atoms with van der Waals surface area (Å²) >= 11 is 0. The molecule has 3 saturated heterocycles. The number of anilines is 1. The Hall–Kier alpha value is -3.75. The molecule has 3 aliphatic rings. The SMILES string of the molecule is C=CCN(Cc1ccccc1)C(=O)C1N([C@@H](CC)CO)C(=O)[C@@H]2[C@H](C(=O)N(CC=C)c3ccccc3)[C@]3(C)CCC12O3. The number of rotatable bonds is 12. The number of carbonyl (C=O) groups excluding carboxylic acids is 3. The molecule has 3 fully saturated rings. The van der Waals surface area contributed by atoms with E-state index in [-0.39, 0.29) is 37.4 Å². The van der Waals surface area contributed by atoms with E-state index in [0.29, 0.717) is 31.5 Å². The van der Waals surface area contributed by atoms with Crippen LogP contribution in [0.25, 0.3) is 0 Å². The Morgan fingerprint density at radius 3 is 2.29 bits per heavy atom. The highest BCUT2D eigenvalue weighted by Crippen LogP contribution is 2.64. The monoisotopic (exact) mass is 571 g/mol. The van der Waals surface area contributed by atoms with E-state index in [4.69, 9.17) is 4.74 Å². The first-order chi connectivity index (χ1) is 20.3. The Morgan fingerprint density at radius 2 is 1.69 bits per heavy atom. The molecule has 3 amide bonds. The van der Waals surface area contributed by atoms with Crippen LogP contribution in [0.1, 0.15) is 38.7 Å². The highest BCUT2D eigenvalue weighted by molar-refractivity contribution is 6.03. The Bertz CT molecular complexity index is 1330. The molecule has 3 heterocycles. The van der Waals surface area contributed by atoms with Gasteiger partial charge in [0.1, 0.15) is 11.6 Å². The van der Waals surface area contributed by atoms with Gasteiger partial charge in [0.05, 0.1) is 30.1 Å². The lowest BCUT2D eigenvalue weighted by molar-refractivity contribution is -0.155. The summed E-state index contributed by atoms with van der Waals surface area (Å²) in [5.41, 5.74) is -0.441. The highest BCUT2D eigenvalue weighted by atomic mass is 16.5. The first-order valence-electron chi connectivity index (χ1n) is 14.8. The number of nitrogens with zero attached hydrogens (tertiary/aromatic N) is 3. The zero-order chi connectivity index (χ0) is 30.1. The lowest BCUT2D eigenvalue weighted by Gasteiger charge is -2.39. The Balaban J connectivity index is 1.58. The van der Waals surface area contributed by atoms with Crippen molar-refractivity contribution < 1.29 is 24.2 Å². The van der Waals surface area contributed by atoms with Crippen LogP contribution in [0.3, 0.4) is 0 Å². The van der Waals surface area contributed by atoms with Crippen molar-refractivity contribution >= 4 is 23.4 Å². The number of hydrogen-bond acceptors (Lipinski definition) is 5. The van der Waals surface area contributed by atoms with Gasteiger partial charge in [0.25, 0.3) is 0 Å². The van der Waals surface area contributed by atoms with Crippen LogP contribution in [0.2, 0.25) is 0 Å². The second kappa shape index (κ2) is 11.9. The summed E-state index contributed by atoms with van der Waals surface area (Å²) in [6.07, 6.45) is 4.81. The largest absolute Gasteiger partial charge is 0.394 e. The maximum absolute atomic E-state index is 14.6. The molecule has 5 rings (SSSR count). The number of carbonyl (C=O) groups is 3. The zero-order valence-corrected chi connectivity index (χ0v) is 24.5. The predicted molar refractivity (Wildman–Crippen MR) is 161 cm³/mol. The van der Waals surface area contributed by atoms with Crippen LogP contribution in [0.5, 0.6) is 0 Å². The minimum absolute atomic E-state index is 0.221. The average Bonchev–Trinajstić information content (AvgIpc) is 3.57. The second-order valence-electron chi connectivity index (χ2n) is 11.8. The van der Waals surface area contributed by atoms with Gasteiger partial charge < -0.3 is 24.5 Å². The van der Waals surface area contributed by atoms with Crippen LogP contribution in [0.4, 0.5) is 5.69 Å². The van der Waals surface area contributed by atoms with Crippen LogP contribution in [-0.4, -0.2) is 75.6 Å². The number of amides is 3. The summed E-state index contributed by atoms with van der Waals surface area (Å²) in [6, 6.07) is 17.5. The number of para-hydroxylation sites is 1. The molecule has 1 spiro atoms. The van der Waals surface area contributed by atoms with Gasteiger partial charge in [-0.3, -0.25) is 14.4 Å². The van der Waals surface area contributed by atoms with Crippen molar-refractivity contribution in [2.75, 3.05) is 24.6 Å². The summed E-state index contributed by atoms with van der Waals surface area (Å²) < 4.78 is 6.83. The maximum atomic E-state index is 14.6. The Kier molecular flexibility index (Phi) is 8.39. The summed E-state index contributed by atoms with van der Waals surface area (Å²) in [5.74, 6) is -2.43. The quantitative estimate of drug-likeness (QED) is 0.390. The van der Waals surface area contributed by atoms with Crippen molar-refractivity contribution in [3.05, 3.63) is 91.5 Å². The van der Waals surface area contributed by atoms with E-state index in [2.05, 4.69) is 13.2 Å². The molecule has 2 unspecified atom stereocenters. The molecule has 2 aromatic carbocycles. The Morgan fingerprint density at radius 1 is 1.05 bits per heavy atom. The maximum Gasteiger partial charge on any atom is 0.249 e. The molecule has 222 valence electrons. The molecular formula is C34H41N3O5. The molecule has 0 aliphatic carbocycles. The molecule has 8 heteroatoms. The van der Waals surface area contributed by atoms with Crippen LogP contribution >= 0.6 is 0 Å². The lowest BCUT2D eigenvalue weighted by Crippen LogP contribution is -2.58. The number of fused-ring (bicyclic) bond motifs is 1. The van der Waals surface area contributed by atoms with Crippen molar-refractivity contribution in [2.45, 2.75) is 62.9 Å². The lowest BCUT2D eigenvalue weighted by atomic mass is 9.66. The number of benzene rings is 2. The third-order valence-electron chi connectivity index (χ3n) is 9.31. The fourth-order valence-electron chi connectivity index (χ4n) is 7.42. The minimum atomic E-state index is -1.18. The van der Waals surface area contributed by atoms with Gasteiger partial charge in [0, 0.05) is 25.3 Å². The molecule has 42 heavy (non-hydrogen) atoms. The molecule has 0 radical (unpaired) electrons. The molecule has 2 bridgehead atoms. The molecule has 1 N–H and O–H groups in total. The number of aliphatic hydroxyl groups excluding tert-OH is 1. The van der Waals surface area contributed by atoms with Gasteiger partial charge >= 0.3 is 0 Å². The summed E-state index contributed by atoms with van der Waals surface area (Å²) in [4.78, 5) is 48.5. The van der Waals surface area contributed by atoms with Crippen LogP contribution in [0.15, 0.2) is 86.0 Å². The number of aliphatic hydroxyl groups is 1. The van der Waals surface area contributed by atoms with Crippen molar-refractivity contribution in [2.24, 2.45) is 11.8 Å². The van der Waals surface area contributed by atoms with E-state index >= 15 is 0 Å². The van der Waals surface area contributed by atoms with Crippen LogP contribution in [0, 0.1) is 11.8 Å². The van der Waals surface area contributed by atoms with E-state index in [0.717, 1.165) is 5.56 Å². The summed E-state index contributed by atoms with van der Waals surface area (Å²) in [5, 5.41) is 10.4. The van der Waals surface area contributed by atoms with Gasteiger partial charge in [-0.2, -0.15) is 0 Å². The van der Waals surface area contributed by atoms with Crippen molar-refractivity contribution in [3.63, 3.8) is 0 Å². The Labute approximate surface area is 248 Å². The van der Waals surface area contributed by atoms with Gasteiger partial charge in [0.2, 0.25) is 17.7 Å². The fourth-order valence-corrected chi connectivity index (χ4v) is 7.42. The van der Waals surface area contributed by atoms with Gasteiger partial charge in [-0.1, -0.05) is 67.6 Å². The summed E-state index contributed by atoms with van der Waals surface area (Å²) in [7, 11) is 0. The normalized spacial score (nSPS) is 28.3.